The number of nitrogens with two attached hydrogens (primary N) is 1. The van der Waals surface area contributed by atoms with E-state index < -0.39 is 22.2 Å². The van der Waals surface area contributed by atoms with Crippen molar-refractivity contribution in [2.45, 2.75) is 19.8 Å². The number of nitro groups is 1. The minimum Gasteiger partial charge on any atom is -0.369 e. The molecule has 2 N–H and O–H groups in total. The van der Waals surface area contributed by atoms with Crippen molar-refractivity contribution in [1.29, 1.82) is 0 Å². The fourth-order valence-electron chi connectivity index (χ4n) is 3.25. The van der Waals surface area contributed by atoms with Crippen molar-refractivity contribution in [3.63, 3.8) is 0 Å². The van der Waals surface area contributed by atoms with Crippen molar-refractivity contribution in [2.75, 3.05) is 13.1 Å². The molecule has 1 aliphatic heterocycles. The third-order valence-electron chi connectivity index (χ3n) is 4.80. The Balaban J connectivity index is 1.97. The quantitative estimate of drug-likeness (QED) is 0.609. The zero-order valence-electron chi connectivity index (χ0n) is 15.2. The van der Waals surface area contributed by atoms with Gasteiger partial charge in [-0.1, -0.05) is 12.1 Å². The number of hydrogen-bond acceptors (Lipinski definition) is 6. The molecule has 10 nitrogen and oxygen atoms in total. The highest BCUT2D eigenvalue weighted by atomic mass is 16.6. The van der Waals surface area contributed by atoms with E-state index in [1.54, 1.807) is 13.0 Å². The monoisotopic (exact) mass is 385 g/mol. The van der Waals surface area contributed by atoms with Gasteiger partial charge in [-0.2, -0.15) is 5.10 Å². The Morgan fingerprint density at radius 3 is 2.50 bits per heavy atom. The van der Waals surface area contributed by atoms with Crippen molar-refractivity contribution in [1.82, 2.24) is 14.7 Å². The normalized spacial score (nSPS) is 14.7. The van der Waals surface area contributed by atoms with Gasteiger partial charge in [-0.25, -0.2) is 4.68 Å². The first-order valence-electron chi connectivity index (χ1n) is 8.73. The van der Waals surface area contributed by atoms with E-state index in [4.69, 9.17) is 5.73 Å². The second-order valence-corrected chi connectivity index (χ2v) is 6.63. The van der Waals surface area contributed by atoms with E-state index in [9.17, 15) is 24.5 Å². The molecule has 28 heavy (non-hydrogen) atoms. The maximum atomic E-state index is 12.8. The molecule has 0 atom stereocenters. The van der Waals surface area contributed by atoms with Crippen LogP contribution in [-0.4, -0.2) is 44.5 Å². The van der Waals surface area contributed by atoms with Crippen LogP contribution in [0.25, 0.3) is 5.69 Å². The molecule has 146 valence electrons. The Hall–Kier alpha value is -3.56. The summed E-state index contributed by atoms with van der Waals surface area (Å²) in [5.74, 6) is -1.27. The summed E-state index contributed by atoms with van der Waals surface area (Å²) in [5.41, 5.74) is 4.75. The standard InChI is InChI=1S/C18H19N5O5/c1-11-10-15(24)16(18(26)21-8-6-12(7-9-21)17(19)25)20-22(11)13-4-2-3-5-14(13)23(27)28/h2-5,10,12H,6-9H2,1H3,(H2,19,25). The third kappa shape index (κ3) is 3.61. The molecule has 1 fully saturated rings. The molecule has 3 rings (SSSR count). The Bertz CT molecular complexity index is 1010. The highest BCUT2D eigenvalue weighted by Crippen LogP contribution is 2.23. The summed E-state index contributed by atoms with van der Waals surface area (Å²) in [7, 11) is 0. The molecule has 1 aromatic heterocycles. The first kappa shape index (κ1) is 19.2. The van der Waals surface area contributed by atoms with Crippen molar-refractivity contribution >= 4 is 17.5 Å². The van der Waals surface area contributed by atoms with E-state index >= 15 is 0 Å². The number of rotatable bonds is 4. The minimum absolute atomic E-state index is 0.159. The Labute approximate surface area is 159 Å². The number of piperidine rings is 1. The van der Waals surface area contributed by atoms with Gasteiger partial charge in [-0.15, -0.1) is 0 Å². The molecule has 1 aromatic carbocycles. The third-order valence-corrected chi connectivity index (χ3v) is 4.80. The topological polar surface area (TPSA) is 141 Å². The molecule has 2 amide bonds. The number of primary amides is 1. The van der Waals surface area contributed by atoms with E-state index in [2.05, 4.69) is 5.10 Å². The lowest BCUT2D eigenvalue weighted by molar-refractivity contribution is -0.384. The van der Waals surface area contributed by atoms with E-state index in [0.29, 0.717) is 18.5 Å². The van der Waals surface area contributed by atoms with Gasteiger partial charge >= 0.3 is 0 Å². The van der Waals surface area contributed by atoms with Gasteiger partial charge < -0.3 is 10.6 Å². The van der Waals surface area contributed by atoms with Crippen LogP contribution in [0.1, 0.15) is 29.0 Å². The van der Waals surface area contributed by atoms with Crippen molar-refractivity contribution in [3.8, 4) is 5.69 Å². The predicted octanol–water partition coefficient (Wildman–Crippen LogP) is 0.787. The largest absolute Gasteiger partial charge is 0.369 e. The van der Waals surface area contributed by atoms with Crippen LogP contribution < -0.4 is 11.2 Å². The highest BCUT2D eigenvalue weighted by Gasteiger charge is 2.29. The van der Waals surface area contributed by atoms with Crippen molar-refractivity contribution in [2.24, 2.45) is 11.7 Å². The maximum Gasteiger partial charge on any atom is 0.294 e. The van der Waals surface area contributed by atoms with Gasteiger partial charge in [0, 0.05) is 36.8 Å². The highest BCUT2D eigenvalue weighted by molar-refractivity contribution is 5.92. The van der Waals surface area contributed by atoms with Crippen LogP contribution in [-0.2, 0) is 4.79 Å². The first-order valence-corrected chi connectivity index (χ1v) is 8.73. The number of benzene rings is 1. The second kappa shape index (κ2) is 7.59. The molecule has 0 radical (unpaired) electrons. The number of para-hydroxylation sites is 2. The molecular weight excluding hydrogens is 366 g/mol. The number of amides is 2. The average Bonchev–Trinajstić information content (AvgIpc) is 2.67. The Morgan fingerprint density at radius 1 is 1.25 bits per heavy atom. The lowest BCUT2D eigenvalue weighted by atomic mass is 9.96. The number of likely N-dealkylation sites (tertiary alicyclic amines) is 1. The van der Waals surface area contributed by atoms with E-state index in [1.165, 1.54) is 33.8 Å². The van der Waals surface area contributed by atoms with Crippen LogP contribution in [0.5, 0.6) is 0 Å². The Morgan fingerprint density at radius 2 is 1.89 bits per heavy atom. The minimum atomic E-state index is -0.569. The molecular formula is C18H19N5O5. The molecule has 1 aliphatic rings. The smallest absolute Gasteiger partial charge is 0.294 e. The van der Waals surface area contributed by atoms with Crippen molar-refractivity contribution < 1.29 is 14.5 Å². The molecule has 1 saturated heterocycles. The summed E-state index contributed by atoms with van der Waals surface area (Å²) in [6, 6.07) is 7.18. The number of nitro benzene ring substituents is 1. The number of hydrogen-bond donors (Lipinski definition) is 1. The number of nitrogens with zero attached hydrogens (tertiary/aromatic N) is 4. The lowest BCUT2D eigenvalue weighted by Crippen LogP contribution is -2.43. The zero-order valence-corrected chi connectivity index (χ0v) is 15.2. The van der Waals surface area contributed by atoms with Crippen LogP contribution in [0.2, 0.25) is 0 Å². The zero-order chi connectivity index (χ0) is 20.4. The van der Waals surface area contributed by atoms with Crippen LogP contribution in [0, 0.1) is 23.0 Å². The second-order valence-electron chi connectivity index (χ2n) is 6.63. The molecule has 0 unspecified atom stereocenters. The van der Waals surface area contributed by atoms with Gasteiger partial charge in [0.25, 0.3) is 11.6 Å². The average molecular weight is 385 g/mol. The molecule has 2 aromatic rings. The number of carbonyl (C=O) groups excluding carboxylic acids is 2. The van der Waals surface area contributed by atoms with Crippen LogP contribution >= 0.6 is 0 Å². The predicted molar refractivity (Wildman–Crippen MR) is 99.0 cm³/mol. The molecule has 0 saturated carbocycles. The first-order chi connectivity index (χ1) is 13.3. The Kier molecular flexibility index (Phi) is 5.21. The van der Waals surface area contributed by atoms with Gasteiger partial charge in [0.1, 0.15) is 5.69 Å². The van der Waals surface area contributed by atoms with Crippen molar-refractivity contribution in [3.05, 3.63) is 62.1 Å². The summed E-state index contributed by atoms with van der Waals surface area (Å²) >= 11 is 0. The van der Waals surface area contributed by atoms with Crippen LogP contribution in [0.3, 0.4) is 0 Å². The summed E-state index contributed by atoms with van der Waals surface area (Å²) in [6.45, 7) is 2.15. The summed E-state index contributed by atoms with van der Waals surface area (Å²) < 4.78 is 1.23. The fraction of sp³-hybridized carbons (Fsp3) is 0.333. The van der Waals surface area contributed by atoms with E-state index in [-0.39, 0.29) is 36.1 Å². The molecule has 2 heterocycles. The SMILES string of the molecule is Cc1cc(=O)c(C(=O)N2CCC(C(N)=O)CC2)nn1-c1ccccc1[N+](=O)[O-]. The molecule has 10 heteroatoms. The molecule has 0 aliphatic carbocycles. The van der Waals surface area contributed by atoms with Gasteiger partial charge in [0.05, 0.1) is 4.92 Å². The lowest BCUT2D eigenvalue weighted by Gasteiger charge is -2.30. The number of aromatic nitrogens is 2. The fourth-order valence-corrected chi connectivity index (χ4v) is 3.25. The number of aryl methyl sites for hydroxylation is 1. The number of carbonyl (C=O) groups is 2. The van der Waals surface area contributed by atoms with Gasteiger partial charge in [-0.05, 0) is 25.8 Å². The molecule has 0 bridgehead atoms. The van der Waals surface area contributed by atoms with Gasteiger partial charge in [0.2, 0.25) is 11.3 Å². The van der Waals surface area contributed by atoms with E-state index in [0.717, 1.165) is 0 Å². The summed E-state index contributed by atoms with van der Waals surface area (Å²) in [4.78, 5) is 48.7. The van der Waals surface area contributed by atoms with E-state index in [1.807, 2.05) is 0 Å². The summed E-state index contributed by atoms with van der Waals surface area (Å²) in [6.07, 6.45) is 0.844. The van der Waals surface area contributed by atoms with Gasteiger partial charge in [-0.3, -0.25) is 24.5 Å². The van der Waals surface area contributed by atoms with Crippen LogP contribution in [0.4, 0.5) is 5.69 Å². The summed E-state index contributed by atoms with van der Waals surface area (Å²) in [5, 5.41) is 15.4. The van der Waals surface area contributed by atoms with Crippen LogP contribution in [0.15, 0.2) is 35.1 Å². The van der Waals surface area contributed by atoms with Gasteiger partial charge in [0.15, 0.2) is 5.69 Å². The maximum absolute atomic E-state index is 12.8. The molecule has 0 spiro atoms.